The predicted octanol–water partition coefficient (Wildman–Crippen LogP) is 1.95. The van der Waals surface area contributed by atoms with E-state index in [2.05, 4.69) is 22.2 Å². The van der Waals surface area contributed by atoms with Gasteiger partial charge in [0, 0.05) is 60.8 Å². The number of carbonyl (C=O) groups is 1. The minimum absolute atomic E-state index is 0.0760. The summed E-state index contributed by atoms with van der Waals surface area (Å²) in [5.41, 5.74) is 8.14. The van der Waals surface area contributed by atoms with Gasteiger partial charge in [-0.1, -0.05) is 12.8 Å². The zero-order valence-corrected chi connectivity index (χ0v) is 16.0. The summed E-state index contributed by atoms with van der Waals surface area (Å²) in [5, 5.41) is 11.0. The van der Waals surface area contributed by atoms with Gasteiger partial charge < -0.3 is 21.4 Å². The molecule has 3 rings (SSSR count). The van der Waals surface area contributed by atoms with Crippen molar-refractivity contribution < 1.29 is 4.79 Å². The van der Waals surface area contributed by atoms with Crippen LogP contribution in [0.5, 0.6) is 0 Å². The highest BCUT2D eigenvalue weighted by Crippen LogP contribution is 2.35. The molecule has 1 saturated carbocycles. The van der Waals surface area contributed by atoms with Crippen molar-refractivity contribution in [3.8, 4) is 0 Å². The fourth-order valence-electron chi connectivity index (χ4n) is 4.29. The second kappa shape index (κ2) is 7.76. The van der Waals surface area contributed by atoms with Crippen LogP contribution in [-0.4, -0.2) is 66.7 Å². The molecular formula is C20H31N5O. The Hall–Kier alpha value is -1.92. The van der Waals surface area contributed by atoms with E-state index in [1.54, 1.807) is 25.1 Å². The van der Waals surface area contributed by atoms with Crippen molar-refractivity contribution in [2.24, 2.45) is 0 Å². The Morgan fingerprint density at radius 2 is 1.88 bits per heavy atom. The van der Waals surface area contributed by atoms with Gasteiger partial charge in [-0.2, -0.15) is 0 Å². The maximum atomic E-state index is 12.7. The Morgan fingerprint density at radius 3 is 2.50 bits per heavy atom. The summed E-state index contributed by atoms with van der Waals surface area (Å²) in [5.74, 6) is -0.0760. The largest absolute Gasteiger partial charge is 0.398 e. The van der Waals surface area contributed by atoms with Gasteiger partial charge in [0.05, 0.1) is 0 Å². The molecule has 6 nitrogen and oxygen atoms in total. The number of hydrogen-bond donors (Lipinski definition) is 3. The number of anilines is 1. The molecule has 0 radical (unpaired) electrons. The first-order valence-corrected chi connectivity index (χ1v) is 9.58. The van der Waals surface area contributed by atoms with Crippen LogP contribution < -0.4 is 11.1 Å². The van der Waals surface area contributed by atoms with Crippen LogP contribution >= 0.6 is 0 Å². The smallest absolute Gasteiger partial charge is 0.251 e. The maximum absolute atomic E-state index is 12.7. The average Bonchev–Trinajstić information content (AvgIpc) is 3.10. The van der Waals surface area contributed by atoms with Crippen molar-refractivity contribution in [1.29, 1.82) is 5.41 Å². The standard InChI is InChI=1S/C20H31N5O/c1-15(21)17-13-16(5-6-18(17)22)19(26)23-14-20(7-3-4-8-20)25-11-9-24(2)10-12-25/h5-6,13,21H,3-4,7-12,14,22H2,1-2H3,(H,23,26). The lowest BCUT2D eigenvalue weighted by Gasteiger charge is -2.45. The highest BCUT2D eigenvalue weighted by molar-refractivity contribution is 6.04. The Morgan fingerprint density at radius 1 is 1.23 bits per heavy atom. The first-order valence-electron chi connectivity index (χ1n) is 9.58. The Balaban J connectivity index is 1.69. The highest BCUT2D eigenvalue weighted by Gasteiger charge is 2.40. The fraction of sp³-hybridized carbons (Fsp3) is 0.600. The SMILES string of the molecule is CC(=N)c1cc(C(=O)NCC2(N3CCN(C)CC3)CCCC2)ccc1N. The summed E-state index contributed by atoms with van der Waals surface area (Å²) < 4.78 is 0. The molecule has 0 aromatic heterocycles. The molecule has 1 aliphatic heterocycles. The quantitative estimate of drug-likeness (QED) is 0.555. The van der Waals surface area contributed by atoms with Crippen LogP contribution in [0.25, 0.3) is 0 Å². The minimum Gasteiger partial charge on any atom is -0.398 e. The third kappa shape index (κ3) is 3.91. The number of piperazine rings is 1. The van der Waals surface area contributed by atoms with Gasteiger partial charge in [-0.05, 0) is 45.0 Å². The summed E-state index contributed by atoms with van der Waals surface area (Å²) in [6.07, 6.45) is 4.79. The average molecular weight is 358 g/mol. The summed E-state index contributed by atoms with van der Waals surface area (Å²) in [4.78, 5) is 17.7. The van der Waals surface area contributed by atoms with Crippen molar-refractivity contribution in [1.82, 2.24) is 15.1 Å². The van der Waals surface area contributed by atoms with Crippen molar-refractivity contribution in [3.05, 3.63) is 29.3 Å². The molecule has 142 valence electrons. The van der Waals surface area contributed by atoms with E-state index < -0.39 is 0 Å². The normalized spacial score (nSPS) is 20.8. The molecule has 0 bridgehead atoms. The van der Waals surface area contributed by atoms with Gasteiger partial charge in [0.2, 0.25) is 0 Å². The zero-order valence-electron chi connectivity index (χ0n) is 16.0. The van der Waals surface area contributed by atoms with E-state index in [0.29, 0.717) is 29.1 Å². The first-order chi connectivity index (χ1) is 12.4. The Bertz CT molecular complexity index is 673. The molecule has 1 amide bonds. The van der Waals surface area contributed by atoms with E-state index >= 15 is 0 Å². The number of nitrogens with one attached hydrogen (secondary N) is 2. The zero-order chi connectivity index (χ0) is 18.7. The van der Waals surface area contributed by atoms with E-state index in [1.807, 2.05) is 0 Å². The maximum Gasteiger partial charge on any atom is 0.251 e. The molecule has 4 N–H and O–H groups in total. The van der Waals surface area contributed by atoms with Gasteiger partial charge in [-0.3, -0.25) is 9.69 Å². The number of carbonyl (C=O) groups excluding carboxylic acids is 1. The molecule has 0 atom stereocenters. The molecule has 26 heavy (non-hydrogen) atoms. The second-order valence-electron chi connectivity index (χ2n) is 7.83. The van der Waals surface area contributed by atoms with Crippen LogP contribution in [-0.2, 0) is 0 Å². The lowest BCUT2D eigenvalue weighted by molar-refractivity contribution is 0.0414. The van der Waals surface area contributed by atoms with E-state index in [0.717, 1.165) is 39.0 Å². The second-order valence-corrected chi connectivity index (χ2v) is 7.83. The van der Waals surface area contributed by atoms with E-state index in [9.17, 15) is 4.79 Å². The molecule has 1 heterocycles. The van der Waals surface area contributed by atoms with Gasteiger partial charge in [-0.25, -0.2) is 0 Å². The van der Waals surface area contributed by atoms with Crippen molar-refractivity contribution in [3.63, 3.8) is 0 Å². The third-order valence-corrected chi connectivity index (χ3v) is 6.01. The molecule has 6 heteroatoms. The highest BCUT2D eigenvalue weighted by atomic mass is 16.1. The summed E-state index contributed by atoms with van der Waals surface area (Å²) in [7, 11) is 2.17. The van der Waals surface area contributed by atoms with Crippen LogP contribution in [0, 0.1) is 5.41 Å². The number of nitrogens with zero attached hydrogens (tertiary/aromatic N) is 2. The van der Waals surface area contributed by atoms with E-state index in [4.69, 9.17) is 11.1 Å². The Labute approximate surface area is 156 Å². The van der Waals surface area contributed by atoms with Crippen molar-refractivity contribution in [2.75, 3.05) is 45.5 Å². The molecule has 1 aliphatic carbocycles. The number of rotatable bonds is 5. The molecule has 0 spiro atoms. The molecular weight excluding hydrogens is 326 g/mol. The molecule has 1 aromatic rings. The van der Waals surface area contributed by atoms with Crippen LogP contribution in [0.3, 0.4) is 0 Å². The first kappa shape index (κ1) is 18.9. The lowest BCUT2D eigenvalue weighted by atomic mass is 9.93. The van der Waals surface area contributed by atoms with Gasteiger partial charge in [0.15, 0.2) is 0 Å². The predicted molar refractivity (Wildman–Crippen MR) is 106 cm³/mol. The molecule has 1 aromatic carbocycles. The molecule has 2 aliphatic rings. The number of likely N-dealkylation sites (N-methyl/N-ethyl adjacent to an activating group) is 1. The van der Waals surface area contributed by atoms with Crippen LogP contribution in [0.2, 0.25) is 0 Å². The van der Waals surface area contributed by atoms with Gasteiger partial charge in [0.25, 0.3) is 5.91 Å². The monoisotopic (exact) mass is 357 g/mol. The van der Waals surface area contributed by atoms with Crippen molar-refractivity contribution in [2.45, 2.75) is 38.1 Å². The van der Waals surface area contributed by atoms with Crippen LogP contribution in [0.4, 0.5) is 5.69 Å². The van der Waals surface area contributed by atoms with Gasteiger partial charge in [0.1, 0.15) is 0 Å². The Kier molecular flexibility index (Phi) is 5.63. The van der Waals surface area contributed by atoms with Crippen molar-refractivity contribution >= 4 is 17.3 Å². The van der Waals surface area contributed by atoms with E-state index in [-0.39, 0.29) is 11.4 Å². The minimum atomic E-state index is -0.0760. The topological polar surface area (TPSA) is 85.5 Å². The number of benzene rings is 1. The van der Waals surface area contributed by atoms with Crippen LogP contribution in [0.1, 0.15) is 48.5 Å². The van der Waals surface area contributed by atoms with Crippen LogP contribution in [0.15, 0.2) is 18.2 Å². The molecule has 1 saturated heterocycles. The fourth-order valence-corrected chi connectivity index (χ4v) is 4.29. The summed E-state index contributed by atoms with van der Waals surface area (Å²) >= 11 is 0. The van der Waals surface area contributed by atoms with Gasteiger partial charge >= 0.3 is 0 Å². The summed E-state index contributed by atoms with van der Waals surface area (Å²) in [6, 6.07) is 5.19. The number of hydrogen-bond acceptors (Lipinski definition) is 5. The number of nitrogens with two attached hydrogens (primary N) is 1. The van der Waals surface area contributed by atoms with Gasteiger partial charge in [-0.15, -0.1) is 0 Å². The number of amides is 1. The molecule has 2 fully saturated rings. The third-order valence-electron chi connectivity index (χ3n) is 6.01. The summed E-state index contributed by atoms with van der Waals surface area (Å²) in [6.45, 7) is 6.72. The number of nitrogen functional groups attached to an aromatic ring is 1. The van der Waals surface area contributed by atoms with E-state index in [1.165, 1.54) is 12.8 Å². The molecule has 0 unspecified atom stereocenters. The lowest BCUT2D eigenvalue weighted by Crippen LogP contribution is -2.59.